The second-order valence-corrected chi connectivity index (χ2v) is 4.41. The molecule has 0 atom stereocenters. The van der Waals surface area contributed by atoms with Crippen molar-refractivity contribution in [2.45, 2.75) is 0 Å². The summed E-state index contributed by atoms with van der Waals surface area (Å²) in [7, 11) is 7.68. The Hall–Kier alpha value is -2.17. The van der Waals surface area contributed by atoms with Crippen molar-refractivity contribution in [1.82, 2.24) is 15.0 Å². The van der Waals surface area contributed by atoms with E-state index >= 15 is 0 Å². The second kappa shape index (κ2) is 5.00. The van der Waals surface area contributed by atoms with Crippen molar-refractivity contribution in [3.05, 3.63) is 30.3 Å². The molecule has 1 aromatic heterocycles. The molecular weight excluding hydrogens is 226 g/mol. The summed E-state index contributed by atoms with van der Waals surface area (Å²) in [5.41, 5.74) is 0.992. The number of benzene rings is 1. The summed E-state index contributed by atoms with van der Waals surface area (Å²) in [4.78, 5) is 17.1. The summed E-state index contributed by atoms with van der Waals surface area (Å²) >= 11 is 0. The van der Waals surface area contributed by atoms with Crippen LogP contribution < -0.4 is 9.80 Å². The monoisotopic (exact) mass is 243 g/mol. The maximum absolute atomic E-state index is 4.46. The first-order chi connectivity index (χ1) is 8.58. The summed E-state index contributed by atoms with van der Waals surface area (Å²) in [5.74, 6) is 2.01. The van der Waals surface area contributed by atoms with Crippen LogP contribution in [0.4, 0.5) is 11.9 Å². The van der Waals surface area contributed by atoms with Gasteiger partial charge >= 0.3 is 0 Å². The molecular formula is C13H17N5. The number of hydrogen-bond acceptors (Lipinski definition) is 5. The highest BCUT2D eigenvalue weighted by Gasteiger charge is 2.10. The van der Waals surface area contributed by atoms with Gasteiger partial charge in [-0.15, -0.1) is 0 Å². The molecule has 18 heavy (non-hydrogen) atoms. The first kappa shape index (κ1) is 12.3. The molecule has 1 heterocycles. The van der Waals surface area contributed by atoms with Crippen LogP contribution >= 0.6 is 0 Å². The molecule has 2 aromatic rings. The third kappa shape index (κ3) is 2.56. The van der Waals surface area contributed by atoms with Crippen molar-refractivity contribution in [2.24, 2.45) is 0 Å². The van der Waals surface area contributed by atoms with Gasteiger partial charge in [-0.2, -0.15) is 15.0 Å². The minimum Gasteiger partial charge on any atom is -0.347 e. The van der Waals surface area contributed by atoms with Crippen molar-refractivity contribution in [2.75, 3.05) is 38.0 Å². The molecule has 5 heteroatoms. The van der Waals surface area contributed by atoms with E-state index in [1.165, 1.54) is 0 Å². The Morgan fingerprint density at radius 1 is 0.722 bits per heavy atom. The smallest absolute Gasteiger partial charge is 0.230 e. The van der Waals surface area contributed by atoms with Crippen molar-refractivity contribution in [1.29, 1.82) is 0 Å². The quantitative estimate of drug-likeness (QED) is 0.820. The van der Waals surface area contributed by atoms with Crippen LogP contribution in [0.15, 0.2) is 30.3 Å². The molecule has 0 bridgehead atoms. The molecule has 0 radical (unpaired) electrons. The van der Waals surface area contributed by atoms with Gasteiger partial charge in [-0.25, -0.2) is 0 Å². The Kier molecular flexibility index (Phi) is 3.41. The Bertz CT molecular complexity index is 496. The molecule has 0 saturated carbocycles. The molecule has 0 fully saturated rings. The third-order valence-electron chi connectivity index (χ3n) is 2.44. The number of rotatable bonds is 3. The van der Waals surface area contributed by atoms with Crippen LogP contribution in [0.2, 0.25) is 0 Å². The van der Waals surface area contributed by atoms with Crippen LogP contribution in [0.1, 0.15) is 0 Å². The molecule has 0 aliphatic heterocycles. The van der Waals surface area contributed by atoms with E-state index in [0.717, 1.165) is 5.56 Å². The molecule has 0 N–H and O–H groups in total. The first-order valence-corrected chi connectivity index (χ1v) is 5.74. The number of nitrogens with zero attached hydrogens (tertiary/aromatic N) is 5. The highest BCUT2D eigenvalue weighted by molar-refractivity contribution is 5.58. The lowest BCUT2D eigenvalue weighted by molar-refractivity contribution is 0.920. The number of hydrogen-bond donors (Lipinski definition) is 0. The molecule has 0 saturated heterocycles. The van der Waals surface area contributed by atoms with E-state index in [4.69, 9.17) is 0 Å². The van der Waals surface area contributed by atoms with Gasteiger partial charge < -0.3 is 9.80 Å². The fourth-order valence-electron chi connectivity index (χ4n) is 1.47. The Morgan fingerprint density at radius 2 is 1.22 bits per heavy atom. The lowest BCUT2D eigenvalue weighted by Crippen LogP contribution is -2.19. The Morgan fingerprint density at radius 3 is 1.67 bits per heavy atom. The average molecular weight is 243 g/mol. The fraction of sp³-hybridized carbons (Fsp3) is 0.308. The standard InChI is InChI=1S/C13H17N5/c1-17(2)12-14-11(10-8-6-5-7-9-10)15-13(16-12)18(3)4/h5-9H,1-4H3. The van der Waals surface area contributed by atoms with Gasteiger partial charge in [0.15, 0.2) is 5.82 Å². The average Bonchev–Trinajstić information content (AvgIpc) is 2.39. The minimum absolute atomic E-state index is 0.660. The molecule has 1 aromatic carbocycles. The second-order valence-electron chi connectivity index (χ2n) is 4.41. The van der Waals surface area contributed by atoms with Crippen LogP contribution in [0.25, 0.3) is 11.4 Å². The van der Waals surface area contributed by atoms with Gasteiger partial charge in [0.1, 0.15) is 0 Å². The minimum atomic E-state index is 0.660. The van der Waals surface area contributed by atoms with Crippen LogP contribution in [-0.4, -0.2) is 43.1 Å². The van der Waals surface area contributed by atoms with Gasteiger partial charge in [0.05, 0.1) is 0 Å². The van der Waals surface area contributed by atoms with Crippen molar-refractivity contribution in [3.63, 3.8) is 0 Å². The van der Waals surface area contributed by atoms with Crippen LogP contribution in [0, 0.1) is 0 Å². The largest absolute Gasteiger partial charge is 0.347 e. The zero-order chi connectivity index (χ0) is 13.1. The summed E-state index contributed by atoms with van der Waals surface area (Å²) < 4.78 is 0. The summed E-state index contributed by atoms with van der Waals surface area (Å²) in [6, 6.07) is 9.92. The molecule has 0 spiro atoms. The predicted molar refractivity (Wildman–Crippen MR) is 73.9 cm³/mol. The maximum atomic E-state index is 4.46. The molecule has 0 aliphatic carbocycles. The van der Waals surface area contributed by atoms with Crippen LogP contribution in [0.3, 0.4) is 0 Å². The topological polar surface area (TPSA) is 45.2 Å². The molecule has 2 rings (SSSR count). The molecule has 5 nitrogen and oxygen atoms in total. The molecule has 0 aliphatic rings. The Labute approximate surface area is 107 Å². The van der Waals surface area contributed by atoms with E-state index < -0.39 is 0 Å². The number of aromatic nitrogens is 3. The summed E-state index contributed by atoms with van der Waals surface area (Å²) in [5, 5.41) is 0. The van der Waals surface area contributed by atoms with Gasteiger partial charge in [0.2, 0.25) is 11.9 Å². The third-order valence-corrected chi connectivity index (χ3v) is 2.44. The van der Waals surface area contributed by atoms with Crippen molar-refractivity contribution < 1.29 is 0 Å². The van der Waals surface area contributed by atoms with E-state index in [0.29, 0.717) is 17.7 Å². The predicted octanol–water partition coefficient (Wildman–Crippen LogP) is 1.67. The van der Waals surface area contributed by atoms with E-state index in [1.807, 2.05) is 68.3 Å². The normalized spacial score (nSPS) is 10.2. The molecule has 94 valence electrons. The first-order valence-electron chi connectivity index (χ1n) is 5.74. The van der Waals surface area contributed by atoms with Gasteiger partial charge in [-0.3, -0.25) is 0 Å². The van der Waals surface area contributed by atoms with Gasteiger partial charge in [0, 0.05) is 33.8 Å². The van der Waals surface area contributed by atoms with E-state index in [-0.39, 0.29) is 0 Å². The highest BCUT2D eigenvalue weighted by Crippen LogP contribution is 2.19. The van der Waals surface area contributed by atoms with Gasteiger partial charge in [0.25, 0.3) is 0 Å². The Balaban J connectivity index is 2.54. The lowest BCUT2D eigenvalue weighted by atomic mass is 10.2. The zero-order valence-corrected chi connectivity index (χ0v) is 11.1. The lowest BCUT2D eigenvalue weighted by Gasteiger charge is -2.16. The SMILES string of the molecule is CN(C)c1nc(-c2ccccc2)nc(N(C)C)n1. The summed E-state index contributed by atoms with van der Waals surface area (Å²) in [6.45, 7) is 0. The maximum Gasteiger partial charge on any atom is 0.230 e. The molecule has 0 unspecified atom stereocenters. The van der Waals surface area contributed by atoms with E-state index in [1.54, 1.807) is 0 Å². The molecule has 0 amide bonds. The summed E-state index contributed by atoms with van der Waals surface area (Å²) in [6.07, 6.45) is 0. The van der Waals surface area contributed by atoms with E-state index in [9.17, 15) is 0 Å². The fourth-order valence-corrected chi connectivity index (χ4v) is 1.47. The van der Waals surface area contributed by atoms with Crippen molar-refractivity contribution in [3.8, 4) is 11.4 Å². The van der Waals surface area contributed by atoms with Gasteiger partial charge in [-0.05, 0) is 0 Å². The van der Waals surface area contributed by atoms with Crippen LogP contribution in [0.5, 0.6) is 0 Å². The van der Waals surface area contributed by atoms with Gasteiger partial charge in [-0.1, -0.05) is 30.3 Å². The van der Waals surface area contributed by atoms with Crippen molar-refractivity contribution >= 4 is 11.9 Å². The zero-order valence-electron chi connectivity index (χ0n) is 11.1. The number of anilines is 2. The highest BCUT2D eigenvalue weighted by atomic mass is 15.3. The van der Waals surface area contributed by atoms with E-state index in [2.05, 4.69) is 15.0 Å². The van der Waals surface area contributed by atoms with Crippen LogP contribution in [-0.2, 0) is 0 Å².